The second-order valence-electron chi connectivity index (χ2n) is 6.11. The van der Waals surface area contributed by atoms with Crippen molar-refractivity contribution in [2.24, 2.45) is 0 Å². The van der Waals surface area contributed by atoms with Crippen molar-refractivity contribution in [1.82, 2.24) is 20.2 Å². The topological polar surface area (TPSA) is 76.3 Å². The molecule has 7 nitrogen and oxygen atoms in total. The van der Waals surface area contributed by atoms with Crippen LogP contribution in [0.4, 0.5) is 5.95 Å². The molecule has 0 unspecified atom stereocenters. The minimum Gasteiger partial charge on any atom is -0.508 e. The second kappa shape index (κ2) is 6.43. The van der Waals surface area contributed by atoms with Gasteiger partial charge in [-0.1, -0.05) is 23.3 Å². The summed E-state index contributed by atoms with van der Waals surface area (Å²) < 4.78 is 7.01. The summed E-state index contributed by atoms with van der Waals surface area (Å²) in [5.41, 5.74) is 3.52. The van der Waals surface area contributed by atoms with E-state index in [0.717, 1.165) is 30.2 Å². The van der Waals surface area contributed by atoms with Crippen molar-refractivity contribution >= 4 is 5.95 Å². The van der Waals surface area contributed by atoms with E-state index < -0.39 is 0 Å². The van der Waals surface area contributed by atoms with Crippen molar-refractivity contribution in [3.63, 3.8) is 0 Å². The van der Waals surface area contributed by atoms with E-state index in [9.17, 15) is 5.11 Å². The first-order chi connectivity index (χ1) is 12.2. The smallest absolute Gasteiger partial charge is 0.246 e. The number of ether oxygens (including phenoxy) is 1. The number of hydrogen-bond acceptors (Lipinski definition) is 6. The van der Waals surface area contributed by atoms with Crippen LogP contribution in [0.5, 0.6) is 11.5 Å². The van der Waals surface area contributed by atoms with Crippen LogP contribution in [0.3, 0.4) is 0 Å². The number of aromatic hydroxyl groups is 1. The highest BCUT2D eigenvalue weighted by Crippen LogP contribution is 2.29. The van der Waals surface area contributed by atoms with E-state index >= 15 is 0 Å². The molecule has 0 bridgehead atoms. The molecule has 0 radical (unpaired) electrons. The summed E-state index contributed by atoms with van der Waals surface area (Å²) in [6, 6.07) is 13.5. The molecule has 1 N–H and O–H groups in total. The Kier molecular flexibility index (Phi) is 3.97. The fourth-order valence-electron chi connectivity index (χ4n) is 3.12. The normalized spacial score (nSPS) is 13.1. The molecule has 0 amide bonds. The first kappa shape index (κ1) is 15.4. The van der Waals surface area contributed by atoms with Crippen molar-refractivity contribution in [3.8, 4) is 11.5 Å². The molecule has 0 saturated heterocycles. The predicted octanol–water partition coefficient (Wildman–Crippen LogP) is 2.15. The molecule has 128 valence electrons. The van der Waals surface area contributed by atoms with Crippen LogP contribution in [-0.2, 0) is 26.1 Å². The zero-order valence-corrected chi connectivity index (χ0v) is 14.0. The number of hydrogen-bond donors (Lipinski definition) is 1. The van der Waals surface area contributed by atoms with Crippen LogP contribution in [-0.4, -0.2) is 32.4 Å². The molecule has 0 fully saturated rings. The summed E-state index contributed by atoms with van der Waals surface area (Å²) in [6.45, 7) is 2.15. The monoisotopic (exact) mass is 337 g/mol. The number of aryl methyl sites for hydroxylation is 2. The lowest BCUT2D eigenvalue weighted by Crippen LogP contribution is -2.20. The van der Waals surface area contributed by atoms with E-state index in [-0.39, 0.29) is 0 Å². The van der Waals surface area contributed by atoms with E-state index in [1.807, 2.05) is 22.9 Å². The Morgan fingerprint density at radius 2 is 1.88 bits per heavy atom. The maximum absolute atomic E-state index is 9.64. The van der Waals surface area contributed by atoms with E-state index in [0.29, 0.717) is 18.8 Å². The van der Waals surface area contributed by atoms with E-state index in [1.165, 1.54) is 11.1 Å². The maximum Gasteiger partial charge on any atom is 0.246 e. The van der Waals surface area contributed by atoms with Gasteiger partial charge in [0.15, 0.2) is 0 Å². The highest BCUT2D eigenvalue weighted by atomic mass is 16.5. The summed E-state index contributed by atoms with van der Waals surface area (Å²) in [5.74, 6) is 1.90. The van der Waals surface area contributed by atoms with E-state index in [1.54, 1.807) is 19.2 Å². The van der Waals surface area contributed by atoms with Crippen LogP contribution >= 0.6 is 0 Å². The van der Waals surface area contributed by atoms with Gasteiger partial charge in [-0.2, -0.15) is 0 Å². The van der Waals surface area contributed by atoms with Crippen molar-refractivity contribution in [1.29, 1.82) is 0 Å². The first-order valence-electron chi connectivity index (χ1n) is 8.18. The summed E-state index contributed by atoms with van der Waals surface area (Å²) in [4.78, 5) is 2.12. The molecule has 2 heterocycles. The SMILES string of the molecule is COc1ccc(CCn2nnnc2N2Cc3ccc(O)cc3C2)cc1. The van der Waals surface area contributed by atoms with Gasteiger partial charge in [-0.15, -0.1) is 0 Å². The van der Waals surface area contributed by atoms with Crippen LogP contribution in [0.1, 0.15) is 16.7 Å². The van der Waals surface area contributed by atoms with Gasteiger partial charge in [0.05, 0.1) is 13.7 Å². The number of phenols is 1. The molecule has 1 aliphatic rings. The lowest BCUT2D eigenvalue weighted by Gasteiger charge is -2.16. The third-order valence-electron chi connectivity index (χ3n) is 4.48. The lowest BCUT2D eigenvalue weighted by molar-refractivity contribution is 0.414. The first-order valence-corrected chi connectivity index (χ1v) is 8.18. The summed E-state index contributed by atoms with van der Waals surface area (Å²) in [7, 11) is 1.66. The lowest BCUT2D eigenvalue weighted by atomic mass is 10.1. The van der Waals surface area contributed by atoms with Gasteiger partial charge in [0.25, 0.3) is 0 Å². The van der Waals surface area contributed by atoms with E-state index in [4.69, 9.17) is 4.74 Å². The Morgan fingerprint density at radius 3 is 2.68 bits per heavy atom. The molecule has 7 heteroatoms. The Morgan fingerprint density at radius 1 is 1.08 bits per heavy atom. The van der Waals surface area contributed by atoms with Crippen LogP contribution in [0.15, 0.2) is 42.5 Å². The van der Waals surface area contributed by atoms with Gasteiger partial charge in [0.1, 0.15) is 11.5 Å². The number of nitrogens with zero attached hydrogens (tertiary/aromatic N) is 5. The molecule has 1 aromatic heterocycles. The van der Waals surface area contributed by atoms with Gasteiger partial charge < -0.3 is 14.7 Å². The summed E-state index contributed by atoms with van der Waals surface area (Å²) in [5, 5.41) is 21.8. The van der Waals surface area contributed by atoms with Gasteiger partial charge in [-0.25, -0.2) is 4.68 Å². The number of methoxy groups -OCH3 is 1. The molecule has 0 aliphatic carbocycles. The van der Waals surface area contributed by atoms with Gasteiger partial charge in [-0.3, -0.25) is 0 Å². The quantitative estimate of drug-likeness (QED) is 0.769. The fraction of sp³-hybridized carbons (Fsp3) is 0.278. The number of phenolic OH excluding ortho intramolecular Hbond substituents is 1. The molecule has 0 saturated carbocycles. The van der Waals surface area contributed by atoms with Crippen LogP contribution in [0.25, 0.3) is 0 Å². The molecule has 1 aliphatic heterocycles. The molecule has 3 aromatic rings. The van der Waals surface area contributed by atoms with Crippen molar-refractivity contribution < 1.29 is 9.84 Å². The number of rotatable bonds is 5. The Balaban J connectivity index is 1.46. The number of aromatic nitrogens is 4. The van der Waals surface area contributed by atoms with Gasteiger partial charge in [-0.05, 0) is 57.8 Å². The van der Waals surface area contributed by atoms with Crippen LogP contribution in [0.2, 0.25) is 0 Å². The molecule has 2 aromatic carbocycles. The number of tetrazole rings is 1. The Hall–Kier alpha value is -3.09. The van der Waals surface area contributed by atoms with Gasteiger partial charge >= 0.3 is 0 Å². The third kappa shape index (κ3) is 3.13. The average Bonchev–Trinajstić information content (AvgIpc) is 3.26. The fourth-order valence-corrected chi connectivity index (χ4v) is 3.12. The highest BCUT2D eigenvalue weighted by molar-refractivity contribution is 5.45. The second-order valence-corrected chi connectivity index (χ2v) is 6.11. The average molecular weight is 337 g/mol. The minimum absolute atomic E-state index is 0.291. The van der Waals surface area contributed by atoms with Crippen molar-refractivity contribution in [3.05, 3.63) is 59.2 Å². The largest absolute Gasteiger partial charge is 0.508 e. The van der Waals surface area contributed by atoms with Crippen LogP contribution < -0.4 is 9.64 Å². The Bertz CT molecular complexity index is 875. The third-order valence-corrected chi connectivity index (χ3v) is 4.48. The molecular weight excluding hydrogens is 318 g/mol. The standard InChI is InChI=1S/C18H19N5O2/c1-25-17-6-2-13(3-7-17)8-9-23-18(19-20-21-23)22-11-14-4-5-16(24)10-15(14)12-22/h2-7,10,24H,8-9,11-12H2,1H3. The number of benzene rings is 2. The number of fused-ring (bicyclic) bond motifs is 1. The molecule has 4 rings (SSSR count). The zero-order chi connectivity index (χ0) is 17.2. The minimum atomic E-state index is 0.291. The number of anilines is 1. The molecule has 0 atom stereocenters. The predicted molar refractivity (Wildman–Crippen MR) is 92.5 cm³/mol. The van der Waals surface area contributed by atoms with Crippen LogP contribution in [0, 0.1) is 0 Å². The molecule has 0 spiro atoms. The van der Waals surface area contributed by atoms with Gasteiger partial charge in [0, 0.05) is 13.1 Å². The van der Waals surface area contributed by atoms with Crippen molar-refractivity contribution in [2.75, 3.05) is 12.0 Å². The van der Waals surface area contributed by atoms with Crippen molar-refractivity contribution in [2.45, 2.75) is 26.1 Å². The Labute approximate surface area is 145 Å². The molecule has 25 heavy (non-hydrogen) atoms. The van der Waals surface area contributed by atoms with E-state index in [2.05, 4.69) is 32.6 Å². The summed E-state index contributed by atoms with van der Waals surface area (Å²) in [6.07, 6.45) is 0.837. The summed E-state index contributed by atoms with van der Waals surface area (Å²) >= 11 is 0. The highest BCUT2D eigenvalue weighted by Gasteiger charge is 2.23. The van der Waals surface area contributed by atoms with Gasteiger partial charge in [0.2, 0.25) is 5.95 Å². The zero-order valence-electron chi connectivity index (χ0n) is 14.0. The molecular formula is C18H19N5O2. The maximum atomic E-state index is 9.64.